The molecule has 0 amide bonds. The van der Waals surface area contributed by atoms with Gasteiger partial charge in [-0.05, 0) is 45.4 Å². The summed E-state index contributed by atoms with van der Waals surface area (Å²) in [7, 11) is 5.14. The van der Waals surface area contributed by atoms with Gasteiger partial charge in [-0.3, -0.25) is 24.2 Å². The van der Waals surface area contributed by atoms with Crippen LogP contribution < -0.4 is 23.7 Å². The molecule has 0 saturated carbocycles. The number of hydrogen-bond donors (Lipinski definition) is 0. The van der Waals surface area contributed by atoms with Crippen molar-refractivity contribution in [1.82, 2.24) is 9.80 Å². The maximum Gasteiger partial charge on any atom is 0.308 e. The average molecular weight is 726 g/mol. The molecule has 4 heterocycles. The Balaban J connectivity index is 1.69. The second-order valence-corrected chi connectivity index (χ2v) is 14.3. The van der Waals surface area contributed by atoms with Crippen molar-refractivity contribution in [2.75, 3.05) is 47.2 Å². The largest absolute Gasteiger partial charge is 0.493 e. The molecule has 274 valence electrons. The minimum absolute atomic E-state index is 0.0305. The number of fused-ring (bicyclic) bond motifs is 9. The molecule has 2 bridgehead atoms. The molecular formula is C36H43N3O11S. The van der Waals surface area contributed by atoms with Crippen LogP contribution in [0.15, 0.2) is 6.07 Å². The molecule has 14 nitrogen and oxygen atoms in total. The lowest BCUT2D eigenvalue weighted by atomic mass is 9.71. The fourth-order valence-electron chi connectivity index (χ4n) is 8.36. The summed E-state index contributed by atoms with van der Waals surface area (Å²) in [5.74, 6) is 1.69. The monoisotopic (exact) mass is 725 g/mol. The second kappa shape index (κ2) is 14.8. The molecule has 4 aliphatic rings. The summed E-state index contributed by atoms with van der Waals surface area (Å²) in [5, 5.41) is 10.5. The van der Waals surface area contributed by atoms with Gasteiger partial charge in [0.1, 0.15) is 24.5 Å². The number of nitrogens with zero attached hydrogens (tertiary/aromatic N) is 3. The maximum atomic E-state index is 12.8. The van der Waals surface area contributed by atoms with Crippen LogP contribution in [-0.2, 0) is 35.0 Å². The molecule has 0 radical (unpaired) electrons. The number of hydrogen-bond acceptors (Lipinski definition) is 15. The summed E-state index contributed by atoms with van der Waals surface area (Å²) in [6.45, 7) is 8.44. The molecule has 0 aliphatic carbocycles. The number of rotatable bonds is 12. The van der Waals surface area contributed by atoms with Crippen molar-refractivity contribution in [3.05, 3.63) is 39.4 Å². The molecule has 2 aromatic rings. The van der Waals surface area contributed by atoms with E-state index in [0.717, 1.165) is 16.7 Å². The second-order valence-electron chi connectivity index (χ2n) is 13.1. The van der Waals surface area contributed by atoms with Gasteiger partial charge in [0, 0.05) is 61.0 Å². The zero-order valence-corrected chi connectivity index (χ0v) is 30.8. The number of methoxy groups -OCH3 is 2. The molecule has 7 atom stereocenters. The molecule has 6 rings (SSSR count). The number of carbonyl (C=O) groups excluding carboxylic acids is 3. The topological polar surface area (TPSA) is 155 Å². The van der Waals surface area contributed by atoms with E-state index in [2.05, 4.69) is 21.9 Å². The molecule has 15 heteroatoms. The number of likely N-dealkylation sites (N-methyl/N-ethyl adjacent to an activating group) is 1. The lowest BCUT2D eigenvalue weighted by molar-refractivity contribution is -0.144. The summed E-state index contributed by atoms with van der Waals surface area (Å²) in [6.07, 6.45) is 0.0492. The number of piperazine rings is 1. The Kier molecular flexibility index (Phi) is 10.6. The lowest BCUT2D eigenvalue weighted by Crippen LogP contribution is -2.69. The molecule has 0 aromatic heterocycles. The van der Waals surface area contributed by atoms with Crippen LogP contribution in [0, 0.1) is 25.2 Å². The Labute approximate surface area is 301 Å². The van der Waals surface area contributed by atoms with Crippen LogP contribution in [0.4, 0.5) is 0 Å². The van der Waals surface area contributed by atoms with Gasteiger partial charge in [-0.2, -0.15) is 5.26 Å². The van der Waals surface area contributed by atoms with E-state index in [1.165, 1.54) is 25.6 Å². The molecule has 51 heavy (non-hydrogen) atoms. The number of carbonyl (C=O) groups is 3. The third kappa shape index (κ3) is 6.22. The molecule has 0 N–H and O–H groups in total. The highest BCUT2D eigenvalue weighted by Gasteiger charge is 2.60. The Morgan fingerprint density at radius 2 is 1.84 bits per heavy atom. The Bertz CT molecular complexity index is 1760. The third-order valence-corrected chi connectivity index (χ3v) is 11.6. The normalized spacial score (nSPS) is 25.0. The number of benzene rings is 2. The lowest BCUT2D eigenvalue weighted by Gasteiger charge is -2.61. The van der Waals surface area contributed by atoms with Gasteiger partial charge in [0.2, 0.25) is 6.79 Å². The third-order valence-electron chi connectivity index (χ3n) is 10.1. The summed E-state index contributed by atoms with van der Waals surface area (Å²) in [4.78, 5) is 40.9. The number of aryl methyl sites for hydroxylation is 1. The number of thioether (sulfide) groups is 1. The highest BCUT2D eigenvalue weighted by atomic mass is 32.2. The van der Waals surface area contributed by atoms with Gasteiger partial charge in [0.15, 0.2) is 29.8 Å². The first kappa shape index (κ1) is 36.6. The summed E-state index contributed by atoms with van der Waals surface area (Å²) in [5.41, 5.74) is 4.61. The smallest absolute Gasteiger partial charge is 0.308 e. The highest BCUT2D eigenvalue weighted by molar-refractivity contribution is 7.99. The van der Waals surface area contributed by atoms with Crippen LogP contribution in [0.3, 0.4) is 0 Å². The molecular weight excluding hydrogens is 682 g/mol. The van der Waals surface area contributed by atoms with Crippen LogP contribution in [-0.4, -0.2) is 99.7 Å². The van der Waals surface area contributed by atoms with E-state index in [1.54, 1.807) is 21.1 Å². The van der Waals surface area contributed by atoms with E-state index < -0.39 is 47.5 Å². The van der Waals surface area contributed by atoms with Crippen molar-refractivity contribution in [1.29, 1.82) is 5.26 Å². The van der Waals surface area contributed by atoms with Crippen molar-refractivity contribution in [2.45, 2.75) is 82.6 Å². The minimum atomic E-state index is -0.705. The zero-order valence-electron chi connectivity index (χ0n) is 30.0. The quantitative estimate of drug-likeness (QED) is 0.133. The summed E-state index contributed by atoms with van der Waals surface area (Å²) in [6, 6.07) is 2.08. The first-order chi connectivity index (χ1) is 24.5. The summed E-state index contributed by atoms with van der Waals surface area (Å²) < 4.78 is 46.8. The van der Waals surface area contributed by atoms with E-state index in [9.17, 15) is 19.6 Å². The number of esters is 2. The molecule has 2 aromatic carbocycles. The van der Waals surface area contributed by atoms with E-state index in [4.69, 9.17) is 37.9 Å². The van der Waals surface area contributed by atoms with Crippen molar-refractivity contribution in [3.63, 3.8) is 0 Å². The van der Waals surface area contributed by atoms with Crippen molar-refractivity contribution in [2.24, 2.45) is 0 Å². The highest BCUT2D eigenvalue weighted by Crippen LogP contribution is 2.64. The van der Waals surface area contributed by atoms with E-state index in [0.29, 0.717) is 64.1 Å². The fourth-order valence-corrected chi connectivity index (χ4v) is 9.80. The number of ether oxygens (including phenoxy) is 8. The minimum Gasteiger partial charge on any atom is -0.493 e. The predicted octanol–water partition coefficient (Wildman–Crippen LogP) is 4.08. The standard InChI is InChI=1S/C36H43N3O11S/c1-17-9-22-10-23-24(11-37)39-25(12-45-14-40)27-28(32(50-21(5)42)19(3)33-35(27)48-16-47-33)36(51-13-18(2)49-20(4)41)30(39)29(38(23)6)26(22)34(31(17)44-8)46-15-43-7/h9,14,18,23-25,29-30,36H,10,12-13,15-16H2,1-8H3/t18-,23+,24+,25+,29+,30?,36-/m1/s1. The van der Waals surface area contributed by atoms with Crippen LogP contribution in [0.1, 0.15) is 71.5 Å². The van der Waals surface area contributed by atoms with Gasteiger partial charge in [-0.1, -0.05) is 6.07 Å². The molecule has 1 unspecified atom stereocenters. The van der Waals surface area contributed by atoms with Crippen LogP contribution in [0.5, 0.6) is 28.7 Å². The van der Waals surface area contributed by atoms with Crippen LogP contribution in [0.25, 0.3) is 0 Å². The van der Waals surface area contributed by atoms with Gasteiger partial charge >= 0.3 is 11.9 Å². The molecule has 4 aliphatic heterocycles. The summed E-state index contributed by atoms with van der Waals surface area (Å²) >= 11 is 1.52. The van der Waals surface area contributed by atoms with Crippen molar-refractivity contribution in [3.8, 4) is 34.8 Å². The van der Waals surface area contributed by atoms with Gasteiger partial charge in [0.05, 0.1) is 30.5 Å². The fraction of sp³-hybridized carbons (Fsp3) is 0.556. The molecule has 1 fully saturated rings. The van der Waals surface area contributed by atoms with Crippen LogP contribution >= 0.6 is 11.8 Å². The Hall–Kier alpha value is -4.23. The first-order valence-corrected chi connectivity index (χ1v) is 17.7. The Morgan fingerprint density at radius 3 is 2.49 bits per heavy atom. The van der Waals surface area contributed by atoms with E-state index in [-0.39, 0.29) is 26.2 Å². The average Bonchev–Trinajstić information content (AvgIpc) is 3.57. The van der Waals surface area contributed by atoms with E-state index >= 15 is 0 Å². The first-order valence-electron chi connectivity index (χ1n) is 16.7. The SMILES string of the molecule is COCOc1c(OC)c(C)cc2c1[C@H]1C3[C@H](SC[C@@H](C)OC(C)=O)c4c(OC(C)=O)c(C)c5c(c4[C@H](COC=O)N3[C@@H](C#N)[C@H](C2)N1C)OCO5. The van der Waals surface area contributed by atoms with Gasteiger partial charge < -0.3 is 37.9 Å². The Morgan fingerprint density at radius 1 is 1.10 bits per heavy atom. The molecule has 1 saturated heterocycles. The van der Waals surface area contributed by atoms with Crippen molar-refractivity contribution < 1.29 is 52.3 Å². The van der Waals surface area contributed by atoms with Gasteiger partial charge in [-0.15, -0.1) is 11.8 Å². The van der Waals surface area contributed by atoms with E-state index in [1.807, 2.05) is 20.9 Å². The van der Waals surface area contributed by atoms with Crippen molar-refractivity contribution >= 4 is 30.2 Å². The molecule has 0 spiro atoms. The van der Waals surface area contributed by atoms with Gasteiger partial charge in [-0.25, -0.2) is 0 Å². The maximum absolute atomic E-state index is 12.8. The number of nitriles is 1. The predicted molar refractivity (Wildman–Crippen MR) is 183 cm³/mol. The van der Waals surface area contributed by atoms with Crippen LogP contribution in [0.2, 0.25) is 0 Å². The van der Waals surface area contributed by atoms with Gasteiger partial charge in [0.25, 0.3) is 6.47 Å². The zero-order chi connectivity index (χ0) is 36.7.